The van der Waals surface area contributed by atoms with Gasteiger partial charge in [0, 0.05) is 25.0 Å². The maximum Gasteiger partial charge on any atom is 0.317 e. The van der Waals surface area contributed by atoms with Crippen LogP contribution in [0.25, 0.3) is 0 Å². The Labute approximate surface area is 121 Å². The molecule has 5 heteroatoms. The Morgan fingerprint density at radius 2 is 2.15 bits per heavy atom. The number of carbonyl (C=O) groups is 2. The Hall–Kier alpha value is -1.26. The van der Waals surface area contributed by atoms with Crippen molar-refractivity contribution in [3.05, 3.63) is 0 Å². The molecule has 1 fully saturated rings. The molecule has 0 bridgehead atoms. The van der Waals surface area contributed by atoms with E-state index in [2.05, 4.69) is 12.2 Å². The van der Waals surface area contributed by atoms with Crippen molar-refractivity contribution in [2.75, 3.05) is 6.54 Å². The summed E-state index contributed by atoms with van der Waals surface area (Å²) in [6, 6.07) is 0.242. The minimum atomic E-state index is -0.785. The van der Waals surface area contributed by atoms with Gasteiger partial charge in [0.05, 0.1) is 0 Å². The molecule has 2 N–H and O–H groups in total. The van der Waals surface area contributed by atoms with Gasteiger partial charge >= 0.3 is 12.0 Å². The molecule has 0 aromatic carbocycles. The number of likely N-dealkylation sites (tertiary alicyclic amines) is 1. The summed E-state index contributed by atoms with van der Waals surface area (Å²) in [5.41, 5.74) is 0. The van der Waals surface area contributed by atoms with Gasteiger partial charge in [-0.2, -0.15) is 0 Å². The van der Waals surface area contributed by atoms with Crippen LogP contribution in [0.5, 0.6) is 0 Å². The molecular formula is C15H28N2O3. The fraction of sp³-hybridized carbons (Fsp3) is 0.867. The normalized spacial score (nSPS) is 20.5. The molecule has 0 aromatic heterocycles. The molecule has 0 radical (unpaired) electrons. The van der Waals surface area contributed by atoms with Gasteiger partial charge in [0.1, 0.15) is 0 Å². The number of amides is 2. The third kappa shape index (κ3) is 5.80. The van der Waals surface area contributed by atoms with Gasteiger partial charge in [-0.25, -0.2) is 4.79 Å². The van der Waals surface area contributed by atoms with Crippen LogP contribution in [0.3, 0.4) is 0 Å². The predicted octanol–water partition coefficient (Wildman–Crippen LogP) is 2.99. The summed E-state index contributed by atoms with van der Waals surface area (Å²) in [5.74, 6) is -0.785. The van der Waals surface area contributed by atoms with Gasteiger partial charge in [-0.1, -0.05) is 19.8 Å². The van der Waals surface area contributed by atoms with E-state index >= 15 is 0 Å². The zero-order valence-electron chi connectivity index (χ0n) is 12.7. The average molecular weight is 284 g/mol. The lowest BCUT2D eigenvalue weighted by molar-refractivity contribution is -0.137. The highest BCUT2D eigenvalue weighted by Gasteiger charge is 2.27. The zero-order chi connectivity index (χ0) is 15.0. The van der Waals surface area contributed by atoms with Crippen LogP contribution in [-0.2, 0) is 4.79 Å². The third-order valence-electron chi connectivity index (χ3n) is 3.94. The van der Waals surface area contributed by atoms with Crippen LogP contribution >= 0.6 is 0 Å². The molecule has 0 aliphatic carbocycles. The number of nitrogens with zero attached hydrogens (tertiary/aromatic N) is 1. The molecule has 20 heavy (non-hydrogen) atoms. The van der Waals surface area contributed by atoms with E-state index < -0.39 is 5.97 Å². The molecule has 1 saturated heterocycles. The maximum atomic E-state index is 12.3. The molecule has 116 valence electrons. The van der Waals surface area contributed by atoms with Crippen molar-refractivity contribution in [1.82, 2.24) is 10.2 Å². The fourth-order valence-corrected chi connectivity index (χ4v) is 2.73. The zero-order valence-corrected chi connectivity index (χ0v) is 12.7. The predicted molar refractivity (Wildman–Crippen MR) is 78.7 cm³/mol. The standard InChI is InChI=1S/C15H28N2O3/c1-3-4-7-12(2)16-15(20)17-11-6-5-8-13(17)9-10-14(18)19/h12-13H,3-11H2,1-2H3,(H,16,20)(H,18,19). The van der Waals surface area contributed by atoms with E-state index in [4.69, 9.17) is 5.11 Å². The second-order valence-corrected chi connectivity index (χ2v) is 5.77. The SMILES string of the molecule is CCCCC(C)NC(=O)N1CCCCC1CCC(=O)O. The minimum Gasteiger partial charge on any atom is -0.481 e. The van der Waals surface area contributed by atoms with E-state index in [1.54, 1.807) is 0 Å². The number of nitrogens with one attached hydrogen (secondary N) is 1. The Morgan fingerprint density at radius 3 is 2.80 bits per heavy atom. The second-order valence-electron chi connectivity index (χ2n) is 5.77. The summed E-state index contributed by atoms with van der Waals surface area (Å²) in [6.45, 7) is 4.92. The Balaban J connectivity index is 2.46. The highest BCUT2D eigenvalue weighted by Crippen LogP contribution is 2.21. The van der Waals surface area contributed by atoms with Gasteiger partial charge in [-0.15, -0.1) is 0 Å². The molecule has 0 saturated carbocycles. The Bertz CT molecular complexity index is 320. The van der Waals surface area contributed by atoms with Crippen LogP contribution in [0.15, 0.2) is 0 Å². The Kier molecular flexibility index (Phi) is 7.41. The number of rotatable bonds is 7. The molecule has 2 unspecified atom stereocenters. The molecule has 0 spiro atoms. The van der Waals surface area contributed by atoms with Crippen molar-refractivity contribution >= 4 is 12.0 Å². The first kappa shape index (κ1) is 16.8. The lowest BCUT2D eigenvalue weighted by Crippen LogP contribution is -2.50. The van der Waals surface area contributed by atoms with Crippen LogP contribution in [0, 0.1) is 0 Å². The molecule has 2 amide bonds. The smallest absolute Gasteiger partial charge is 0.317 e. The lowest BCUT2D eigenvalue weighted by Gasteiger charge is -2.36. The minimum absolute atomic E-state index is 0.0244. The number of urea groups is 1. The number of unbranched alkanes of at least 4 members (excludes halogenated alkanes) is 1. The number of hydrogen-bond acceptors (Lipinski definition) is 2. The average Bonchev–Trinajstić information content (AvgIpc) is 2.43. The van der Waals surface area contributed by atoms with Gasteiger partial charge < -0.3 is 15.3 Å². The van der Waals surface area contributed by atoms with Gasteiger partial charge in [0.25, 0.3) is 0 Å². The summed E-state index contributed by atoms with van der Waals surface area (Å²) < 4.78 is 0. The van der Waals surface area contributed by atoms with Crippen LogP contribution in [-0.4, -0.2) is 40.6 Å². The maximum absolute atomic E-state index is 12.3. The molecule has 0 aromatic rings. The number of carboxylic acid groups (broad SMARTS) is 1. The highest BCUT2D eigenvalue weighted by atomic mass is 16.4. The number of piperidine rings is 1. The van der Waals surface area contributed by atoms with E-state index in [9.17, 15) is 9.59 Å². The topological polar surface area (TPSA) is 69.6 Å². The van der Waals surface area contributed by atoms with Crippen molar-refractivity contribution < 1.29 is 14.7 Å². The van der Waals surface area contributed by atoms with E-state index in [1.165, 1.54) is 0 Å². The Morgan fingerprint density at radius 1 is 1.40 bits per heavy atom. The first-order chi connectivity index (χ1) is 9.54. The first-order valence-corrected chi connectivity index (χ1v) is 7.83. The van der Waals surface area contributed by atoms with E-state index in [1.807, 2.05) is 11.8 Å². The molecule has 1 rings (SSSR count). The van der Waals surface area contributed by atoms with E-state index in [0.29, 0.717) is 6.42 Å². The summed E-state index contributed by atoms with van der Waals surface area (Å²) in [4.78, 5) is 24.8. The van der Waals surface area contributed by atoms with Crippen molar-refractivity contribution in [1.29, 1.82) is 0 Å². The first-order valence-electron chi connectivity index (χ1n) is 7.83. The van der Waals surface area contributed by atoms with Gasteiger partial charge in [-0.3, -0.25) is 4.79 Å². The monoisotopic (exact) mass is 284 g/mol. The van der Waals surface area contributed by atoms with Crippen molar-refractivity contribution in [3.63, 3.8) is 0 Å². The van der Waals surface area contributed by atoms with Crippen LogP contribution in [0.2, 0.25) is 0 Å². The summed E-state index contributed by atoms with van der Waals surface area (Å²) >= 11 is 0. The van der Waals surface area contributed by atoms with E-state index in [0.717, 1.165) is 45.1 Å². The fourth-order valence-electron chi connectivity index (χ4n) is 2.73. The van der Waals surface area contributed by atoms with Gasteiger partial charge in [0.2, 0.25) is 0 Å². The van der Waals surface area contributed by atoms with Gasteiger partial charge in [0.15, 0.2) is 0 Å². The van der Waals surface area contributed by atoms with Crippen LogP contribution in [0.4, 0.5) is 4.79 Å². The number of hydrogen-bond donors (Lipinski definition) is 2. The molecule has 1 aliphatic rings. The largest absolute Gasteiger partial charge is 0.481 e. The summed E-state index contributed by atoms with van der Waals surface area (Å²) in [7, 11) is 0. The quantitative estimate of drug-likeness (QED) is 0.755. The van der Waals surface area contributed by atoms with Gasteiger partial charge in [-0.05, 0) is 39.0 Å². The van der Waals surface area contributed by atoms with E-state index in [-0.39, 0.29) is 24.5 Å². The molecule has 2 atom stereocenters. The second kappa shape index (κ2) is 8.82. The van der Waals surface area contributed by atoms with Crippen molar-refractivity contribution in [3.8, 4) is 0 Å². The van der Waals surface area contributed by atoms with Crippen molar-refractivity contribution in [2.24, 2.45) is 0 Å². The summed E-state index contributed by atoms with van der Waals surface area (Å²) in [5, 5.41) is 11.8. The number of aliphatic carboxylic acids is 1. The highest BCUT2D eigenvalue weighted by molar-refractivity contribution is 5.75. The third-order valence-corrected chi connectivity index (χ3v) is 3.94. The summed E-state index contributed by atoms with van der Waals surface area (Å²) in [6.07, 6.45) is 6.96. The number of carboxylic acids is 1. The molecule has 5 nitrogen and oxygen atoms in total. The molecule has 1 heterocycles. The number of carbonyl (C=O) groups excluding carboxylic acids is 1. The molecule has 1 aliphatic heterocycles. The van der Waals surface area contributed by atoms with Crippen LogP contribution in [0.1, 0.15) is 65.2 Å². The van der Waals surface area contributed by atoms with Crippen LogP contribution < -0.4 is 5.32 Å². The lowest BCUT2D eigenvalue weighted by atomic mass is 9.98. The van der Waals surface area contributed by atoms with Crippen molar-refractivity contribution in [2.45, 2.75) is 77.3 Å². The molecular weight excluding hydrogens is 256 g/mol.